The quantitative estimate of drug-likeness (QED) is 0.509. The van der Waals surface area contributed by atoms with E-state index >= 15 is 0 Å². The van der Waals surface area contributed by atoms with Gasteiger partial charge in [-0.1, -0.05) is 0 Å². The first-order chi connectivity index (χ1) is 10.3. The molecule has 0 aromatic carbocycles. The number of ether oxygens (including phenoxy) is 3. The van der Waals surface area contributed by atoms with Crippen LogP contribution in [0, 0.1) is 5.92 Å². The smallest absolute Gasteiger partial charge is 0.185 e. The Morgan fingerprint density at radius 3 is 2.33 bits per heavy atom. The van der Waals surface area contributed by atoms with E-state index in [0.29, 0.717) is 5.92 Å². The molecule has 0 aliphatic carbocycles. The van der Waals surface area contributed by atoms with Gasteiger partial charge in [0.15, 0.2) is 17.7 Å². The minimum atomic E-state index is 0.300. The van der Waals surface area contributed by atoms with E-state index in [-0.39, 0.29) is 0 Å². The van der Waals surface area contributed by atoms with Gasteiger partial charge in [-0.3, -0.25) is 15.0 Å². The van der Waals surface area contributed by atoms with Gasteiger partial charge in [0.1, 0.15) is 13.2 Å². The van der Waals surface area contributed by atoms with Gasteiger partial charge < -0.3 is 14.2 Å². The van der Waals surface area contributed by atoms with Crippen molar-refractivity contribution < 1.29 is 14.2 Å². The molecule has 0 radical (unpaired) electrons. The summed E-state index contributed by atoms with van der Waals surface area (Å²) in [7, 11) is 3.46. The van der Waals surface area contributed by atoms with Crippen molar-refractivity contribution in [3.63, 3.8) is 0 Å². The second-order valence-corrected chi connectivity index (χ2v) is 5.14. The third-order valence-corrected chi connectivity index (χ3v) is 3.72. The van der Waals surface area contributed by atoms with Crippen molar-refractivity contribution in [1.29, 1.82) is 0 Å². The Morgan fingerprint density at radius 2 is 1.81 bits per heavy atom. The molecule has 0 bridgehead atoms. The highest BCUT2D eigenvalue weighted by molar-refractivity contribution is 5.81. The lowest BCUT2D eigenvalue weighted by molar-refractivity contribution is 0.322. The van der Waals surface area contributed by atoms with Gasteiger partial charge in [0, 0.05) is 25.8 Å². The number of hydrogen-bond acceptors (Lipinski definition) is 6. The monoisotopic (exact) mass is 295 g/mol. The molecule has 2 aliphatic rings. The van der Waals surface area contributed by atoms with Crippen molar-refractivity contribution in [2.75, 3.05) is 40.5 Å². The van der Waals surface area contributed by atoms with Crippen LogP contribution in [0.4, 0.5) is 0 Å². The molecule has 0 aromatic rings. The average Bonchev–Trinajstić information content (AvgIpc) is 3.18. The van der Waals surface area contributed by atoms with Gasteiger partial charge in [0.05, 0.1) is 20.2 Å². The molecule has 0 saturated heterocycles. The van der Waals surface area contributed by atoms with Gasteiger partial charge in [-0.25, -0.2) is 0 Å². The highest BCUT2D eigenvalue weighted by Gasteiger charge is 2.19. The van der Waals surface area contributed by atoms with Gasteiger partial charge in [-0.2, -0.15) is 0 Å². The standard InChI is InChI=1S/C15H25N3O3/c1-16-15(19-2)12(6-7-14-18-9-11-21-14)4-3-5-13-17-8-10-20-13/h12H,3-11H2,1-2H3. The molecule has 1 unspecified atom stereocenters. The van der Waals surface area contributed by atoms with Crippen LogP contribution in [0.2, 0.25) is 0 Å². The van der Waals surface area contributed by atoms with E-state index in [4.69, 9.17) is 14.2 Å². The Bertz CT molecular complexity index is 418. The van der Waals surface area contributed by atoms with Crippen molar-refractivity contribution in [1.82, 2.24) is 0 Å². The summed E-state index contributed by atoms with van der Waals surface area (Å²) < 4.78 is 16.3. The fraction of sp³-hybridized carbons (Fsp3) is 0.800. The molecule has 0 spiro atoms. The molecule has 21 heavy (non-hydrogen) atoms. The number of methoxy groups -OCH3 is 1. The lowest BCUT2D eigenvalue weighted by Crippen LogP contribution is -2.18. The molecular weight excluding hydrogens is 270 g/mol. The summed E-state index contributed by atoms with van der Waals surface area (Å²) in [5, 5.41) is 0. The molecule has 0 N–H and O–H groups in total. The summed E-state index contributed by atoms with van der Waals surface area (Å²) >= 11 is 0. The summed E-state index contributed by atoms with van der Waals surface area (Å²) in [6.45, 7) is 3.04. The molecule has 2 heterocycles. The molecule has 0 aromatic heterocycles. The van der Waals surface area contributed by atoms with E-state index in [9.17, 15) is 0 Å². The minimum Gasteiger partial charge on any atom is -0.484 e. The third-order valence-electron chi connectivity index (χ3n) is 3.72. The van der Waals surface area contributed by atoms with Gasteiger partial charge in [0.25, 0.3) is 0 Å². The zero-order valence-electron chi connectivity index (χ0n) is 13.0. The Labute approximate surface area is 126 Å². The van der Waals surface area contributed by atoms with Gasteiger partial charge in [-0.05, 0) is 19.3 Å². The molecule has 0 amide bonds. The first-order valence-corrected chi connectivity index (χ1v) is 7.66. The molecular formula is C15H25N3O3. The van der Waals surface area contributed by atoms with Gasteiger partial charge >= 0.3 is 0 Å². The van der Waals surface area contributed by atoms with E-state index < -0.39 is 0 Å². The minimum absolute atomic E-state index is 0.300. The SMILES string of the molecule is CN=C(OC)C(CCCC1=NCCO1)CCC1=NCCO1. The molecule has 6 heteroatoms. The van der Waals surface area contributed by atoms with Crippen molar-refractivity contribution in [3.05, 3.63) is 0 Å². The summed E-state index contributed by atoms with van der Waals surface area (Å²) in [5.41, 5.74) is 0. The first kappa shape index (κ1) is 15.8. The summed E-state index contributed by atoms with van der Waals surface area (Å²) in [6.07, 6.45) is 4.74. The number of aliphatic imine (C=N–C) groups is 3. The topological polar surface area (TPSA) is 64.8 Å². The van der Waals surface area contributed by atoms with E-state index in [2.05, 4.69) is 15.0 Å². The lowest BCUT2D eigenvalue weighted by atomic mass is 9.96. The molecule has 2 aliphatic heterocycles. The van der Waals surface area contributed by atoms with Crippen LogP contribution in [-0.4, -0.2) is 58.2 Å². The highest BCUT2D eigenvalue weighted by atomic mass is 16.5. The van der Waals surface area contributed by atoms with Gasteiger partial charge in [0.2, 0.25) is 0 Å². The van der Waals surface area contributed by atoms with E-state index in [0.717, 1.165) is 76.1 Å². The van der Waals surface area contributed by atoms with Crippen LogP contribution in [0.25, 0.3) is 0 Å². The van der Waals surface area contributed by atoms with E-state index in [1.165, 1.54) is 0 Å². The van der Waals surface area contributed by atoms with Crippen molar-refractivity contribution >= 4 is 17.7 Å². The van der Waals surface area contributed by atoms with Crippen LogP contribution in [0.1, 0.15) is 32.1 Å². The van der Waals surface area contributed by atoms with E-state index in [1.54, 1.807) is 14.2 Å². The largest absolute Gasteiger partial charge is 0.484 e. The second kappa shape index (κ2) is 8.64. The van der Waals surface area contributed by atoms with Crippen LogP contribution >= 0.6 is 0 Å². The van der Waals surface area contributed by atoms with Crippen LogP contribution in [0.3, 0.4) is 0 Å². The zero-order valence-corrected chi connectivity index (χ0v) is 13.0. The predicted octanol–water partition coefficient (Wildman–Crippen LogP) is 2.09. The normalized spacial score (nSPS) is 19.6. The molecule has 0 saturated carbocycles. The summed E-state index contributed by atoms with van der Waals surface area (Å²) in [4.78, 5) is 12.9. The molecule has 0 fully saturated rings. The molecule has 118 valence electrons. The van der Waals surface area contributed by atoms with Crippen molar-refractivity contribution in [2.45, 2.75) is 32.1 Å². The Kier molecular flexibility index (Phi) is 6.50. The van der Waals surface area contributed by atoms with Crippen LogP contribution in [-0.2, 0) is 14.2 Å². The maximum atomic E-state index is 5.47. The molecule has 2 rings (SSSR count). The Balaban J connectivity index is 1.79. The number of hydrogen-bond donors (Lipinski definition) is 0. The molecule has 1 atom stereocenters. The third kappa shape index (κ3) is 5.02. The highest BCUT2D eigenvalue weighted by Crippen LogP contribution is 2.20. The maximum Gasteiger partial charge on any atom is 0.185 e. The Hall–Kier alpha value is -1.59. The number of nitrogens with zero attached hydrogens (tertiary/aromatic N) is 3. The zero-order chi connectivity index (χ0) is 14.9. The fourth-order valence-corrected chi connectivity index (χ4v) is 2.69. The fourth-order valence-electron chi connectivity index (χ4n) is 2.69. The van der Waals surface area contributed by atoms with Gasteiger partial charge in [-0.15, -0.1) is 0 Å². The first-order valence-electron chi connectivity index (χ1n) is 7.66. The van der Waals surface area contributed by atoms with Crippen molar-refractivity contribution in [3.8, 4) is 0 Å². The lowest BCUT2D eigenvalue weighted by Gasteiger charge is -2.17. The summed E-state index contributed by atoms with van der Waals surface area (Å²) in [6, 6.07) is 0. The second-order valence-electron chi connectivity index (χ2n) is 5.14. The summed E-state index contributed by atoms with van der Waals surface area (Å²) in [5.74, 6) is 2.87. The van der Waals surface area contributed by atoms with Crippen LogP contribution < -0.4 is 0 Å². The van der Waals surface area contributed by atoms with E-state index in [1.807, 2.05) is 0 Å². The predicted molar refractivity (Wildman–Crippen MR) is 83.5 cm³/mol. The van der Waals surface area contributed by atoms with Crippen molar-refractivity contribution in [2.24, 2.45) is 20.9 Å². The Morgan fingerprint density at radius 1 is 1.14 bits per heavy atom. The molecule has 6 nitrogen and oxygen atoms in total. The average molecular weight is 295 g/mol. The van der Waals surface area contributed by atoms with Crippen LogP contribution in [0.15, 0.2) is 15.0 Å². The maximum absolute atomic E-state index is 5.47. The number of rotatable bonds is 8. The van der Waals surface area contributed by atoms with Crippen LogP contribution in [0.5, 0.6) is 0 Å².